The smallest absolute Gasteiger partial charge is 0.244 e. The highest BCUT2D eigenvalue weighted by molar-refractivity contribution is 6.00. The lowest BCUT2D eigenvalue weighted by Crippen LogP contribution is -2.37. The van der Waals surface area contributed by atoms with E-state index < -0.39 is 5.54 Å². The monoisotopic (exact) mass is 366 g/mol. The van der Waals surface area contributed by atoms with Gasteiger partial charge in [0.15, 0.2) is 0 Å². The number of imidazole rings is 1. The summed E-state index contributed by atoms with van der Waals surface area (Å²) in [7, 11) is 0. The molecule has 0 aliphatic heterocycles. The van der Waals surface area contributed by atoms with Crippen LogP contribution in [0.25, 0.3) is 22.4 Å². The van der Waals surface area contributed by atoms with Crippen molar-refractivity contribution in [2.24, 2.45) is 5.73 Å². The molecular weight excluding hydrogens is 343 g/mol. The summed E-state index contributed by atoms with van der Waals surface area (Å²) in [6.07, 6.45) is 1.45. The molecule has 140 valence electrons. The highest BCUT2D eigenvalue weighted by atomic mass is 19.1. The van der Waals surface area contributed by atoms with Crippen LogP contribution in [0.4, 0.5) is 10.1 Å². The third-order valence-corrected chi connectivity index (χ3v) is 5.14. The van der Waals surface area contributed by atoms with Crippen molar-refractivity contribution >= 4 is 22.6 Å². The van der Waals surface area contributed by atoms with Crippen molar-refractivity contribution in [3.8, 4) is 11.4 Å². The van der Waals surface area contributed by atoms with Gasteiger partial charge < -0.3 is 15.6 Å². The number of halogens is 1. The molecule has 1 amide bonds. The molecule has 3 N–H and O–H groups in total. The van der Waals surface area contributed by atoms with Gasteiger partial charge in [-0.25, -0.2) is 9.37 Å². The van der Waals surface area contributed by atoms with E-state index in [0.717, 1.165) is 41.0 Å². The molecule has 1 aromatic heterocycles. The number of anilines is 1. The Bertz CT molecular complexity index is 1050. The molecular formula is C21H23FN4O. The molecule has 1 aliphatic carbocycles. The van der Waals surface area contributed by atoms with Crippen LogP contribution >= 0.6 is 0 Å². The zero-order valence-corrected chi connectivity index (χ0v) is 15.7. The molecule has 5 nitrogen and oxygen atoms in total. The quantitative estimate of drug-likeness (QED) is 0.728. The van der Waals surface area contributed by atoms with Crippen LogP contribution in [-0.4, -0.2) is 21.0 Å². The Labute approximate surface area is 157 Å². The van der Waals surface area contributed by atoms with E-state index in [4.69, 9.17) is 5.73 Å². The first-order valence-corrected chi connectivity index (χ1v) is 9.17. The molecule has 0 radical (unpaired) electrons. The number of nitrogens with one attached hydrogen (secondary N) is 1. The number of hydrogen-bond donors (Lipinski definition) is 2. The van der Waals surface area contributed by atoms with Gasteiger partial charge in [-0.3, -0.25) is 4.79 Å². The van der Waals surface area contributed by atoms with Gasteiger partial charge in [0.25, 0.3) is 0 Å². The predicted octanol–water partition coefficient (Wildman–Crippen LogP) is 4.16. The van der Waals surface area contributed by atoms with Crippen molar-refractivity contribution in [1.82, 2.24) is 9.55 Å². The van der Waals surface area contributed by atoms with Crippen LogP contribution in [0.1, 0.15) is 38.3 Å². The van der Waals surface area contributed by atoms with Crippen molar-refractivity contribution in [1.29, 1.82) is 0 Å². The SMILES string of the molecule is Cc1cc(-c2nc3cc(F)ccc3n2C(C)C)ccc1NC(=O)C1(N)CC1. The van der Waals surface area contributed by atoms with Gasteiger partial charge in [-0.1, -0.05) is 0 Å². The second kappa shape index (κ2) is 6.16. The Kier molecular flexibility index (Phi) is 4.03. The van der Waals surface area contributed by atoms with Gasteiger partial charge >= 0.3 is 0 Å². The molecule has 0 unspecified atom stereocenters. The highest BCUT2D eigenvalue weighted by Crippen LogP contribution is 2.35. The van der Waals surface area contributed by atoms with Gasteiger partial charge in [-0.05, 0) is 69.5 Å². The molecule has 1 aliphatic rings. The van der Waals surface area contributed by atoms with E-state index in [9.17, 15) is 9.18 Å². The molecule has 0 bridgehead atoms. The molecule has 0 spiro atoms. The van der Waals surface area contributed by atoms with Crippen LogP contribution in [0.15, 0.2) is 36.4 Å². The number of carbonyl (C=O) groups is 1. The van der Waals surface area contributed by atoms with E-state index in [1.54, 1.807) is 6.07 Å². The fourth-order valence-electron chi connectivity index (χ4n) is 3.35. The van der Waals surface area contributed by atoms with Gasteiger partial charge in [0.1, 0.15) is 11.6 Å². The lowest BCUT2D eigenvalue weighted by Gasteiger charge is -2.15. The third kappa shape index (κ3) is 3.10. The summed E-state index contributed by atoms with van der Waals surface area (Å²) in [5.74, 6) is 0.347. The summed E-state index contributed by atoms with van der Waals surface area (Å²) in [6.45, 7) is 6.09. The molecule has 0 atom stereocenters. The zero-order valence-electron chi connectivity index (χ0n) is 15.7. The molecule has 27 heavy (non-hydrogen) atoms. The number of hydrogen-bond acceptors (Lipinski definition) is 3. The van der Waals surface area contributed by atoms with E-state index in [1.165, 1.54) is 12.1 Å². The van der Waals surface area contributed by atoms with Crippen molar-refractivity contribution in [3.63, 3.8) is 0 Å². The van der Waals surface area contributed by atoms with Crippen LogP contribution in [0.5, 0.6) is 0 Å². The summed E-state index contributed by atoms with van der Waals surface area (Å²) >= 11 is 0. The Morgan fingerprint density at radius 2 is 2.00 bits per heavy atom. The third-order valence-electron chi connectivity index (χ3n) is 5.14. The highest BCUT2D eigenvalue weighted by Gasteiger charge is 2.46. The molecule has 4 rings (SSSR count). The summed E-state index contributed by atoms with van der Waals surface area (Å²) < 4.78 is 15.7. The molecule has 1 fully saturated rings. The number of carbonyl (C=O) groups excluding carboxylic acids is 1. The Morgan fingerprint density at radius 3 is 2.63 bits per heavy atom. The van der Waals surface area contributed by atoms with Crippen LogP contribution in [0, 0.1) is 12.7 Å². The zero-order chi connectivity index (χ0) is 19.3. The van der Waals surface area contributed by atoms with E-state index in [1.807, 2.05) is 25.1 Å². The summed E-state index contributed by atoms with van der Waals surface area (Å²) in [6, 6.07) is 10.6. The van der Waals surface area contributed by atoms with Crippen molar-refractivity contribution in [2.45, 2.75) is 45.2 Å². The predicted molar refractivity (Wildman–Crippen MR) is 105 cm³/mol. The first kappa shape index (κ1) is 17.7. The molecule has 1 saturated carbocycles. The number of aromatic nitrogens is 2. The first-order valence-electron chi connectivity index (χ1n) is 9.17. The number of amides is 1. The Hall–Kier alpha value is -2.73. The number of nitrogens with two attached hydrogens (primary N) is 1. The van der Waals surface area contributed by atoms with Gasteiger partial charge in [0.2, 0.25) is 5.91 Å². The summed E-state index contributed by atoms with van der Waals surface area (Å²) in [5, 5.41) is 2.92. The van der Waals surface area contributed by atoms with Gasteiger partial charge in [0.05, 0.1) is 16.6 Å². The fourth-order valence-corrected chi connectivity index (χ4v) is 3.35. The van der Waals surface area contributed by atoms with Gasteiger partial charge in [-0.15, -0.1) is 0 Å². The van der Waals surface area contributed by atoms with E-state index >= 15 is 0 Å². The summed E-state index contributed by atoms with van der Waals surface area (Å²) in [4.78, 5) is 16.9. The fraction of sp³-hybridized carbons (Fsp3) is 0.333. The number of benzene rings is 2. The Morgan fingerprint density at radius 1 is 1.26 bits per heavy atom. The average molecular weight is 366 g/mol. The largest absolute Gasteiger partial charge is 0.324 e. The number of nitrogens with zero attached hydrogens (tertiary/aromatic N) is 2. The standard InChI is InChI=1S/C21H23FN4O/c1-12(2)26-18-7-5-15(22)11-17(18)24-19(26)14-4-6-16(13(3)10-14)25-20(27)21(23)8-9-21/h4-7,10-12H,8-9,23H2,1-3H3,(H,25,27). The molecule has 2 aromatic carbocycles. The molecule has 1 heterocycles. The minimum atomic E-state index is -0.708. The lowest BCUT2D eigenvalue weighted by atomic mass is 10.1. The molecule has 6 heteroatoms. The maximum atomic E-state index is 13.6. The van der Waals surface area contributed by atoms with Gasteiger partial charge in [0, 0.05) is 23.4 Å². The second-order valence-corrected chi connectivity index (χ2v) is 7.67. The van der Waals surface area contributed by atoms with E-state index in [0.29, 0.717) is 5.52 Å². The van der Waals surface area contributed by atoms with Crippen LogP contribution in [0.3, 0.4) is 0 Å². The van der Waals surface area contributed by atoms with Crippen LogP contribution in [0.2, 0.25) is 0 Å². The topological polar surface area (TPSA) is 72.9 Å². The number of fused-ring (bicyclic) bond motifs is 1. The normalized spacial score (nSPS) is 15.3. The van der Waals surface area contributed by atoms with Crippen molar-refractivity contribution in [3.05, 3.63) is 47.8 Å². The second-order valence-electron chi connectivity index (χ2n) is 7.67. The molecule has 0 saturated heterocycles. The lowest BCUT2D eigenvalue weighted by molar-refractivity contribution is -0.118. The maximum absolute atomic E-state index is 13.6. The maximum Gasteiger partial charge on any atom is 0.244 e. The van der Waals surface area contributed by atoms with E-state index in [2.05, 4.69) is 28.7 Å². The minimum Gasteiger partial charge on any atom is -0.324 e. The average Bonchev–Trinajstić information content (AvgIpc) is 3.25. The van der Waals surface area contributed by atoms with Crippen LogP contribution < -0.4 is 11.1 Å². The molecule has 3 aromatic rings. The van der Waals surface area contributed by atoms with Crippen molar-refractivity contribution in [2.75, 3.05) is 5.32 Å². The van der Waals surface area contributed by atoms with E-state index in [-0.39, 0.29) is 17.8 Å². The first-order chi connectivity index (χ1) is 12.8. The van der Waals surface area contributed by atoms with Gasteiger partial charge in [-0.2, -0.15) is 0 Å². The minimum absolute atomic E-state index is 0.136. The Balaban J connectivity index is 1.74. The number of rotatable bonds is 4. The van der Waals surface area contributed by atoms with Crippen molar-refractivity contribution < 1.29 is 9.18 Å². The number of aryl methyl sites for hydroxylation is 1. The van der Waals surface area contributed by atoms with Crippen LogP contribution in [-0.2, 0) is 4.79 Å². The summed E-state index contributed by atoms with van der Waals surface area (Å²) in [5.41, 5.74) is 9.38.